The number of carbonyl (C=O) groups is 2. The van der Waals surface area contributed by atoms with Crippen LogP contribution in [0.5, 0.6) is 0 Å². The van der Waals surface area contributed by atoms with Crippen molar-refractivity contribution in [1.82, 2.24) is 20.0 Å². The Hall–Kier alpha value is -2.18. The number of nitrogens with one attached hydrogen (secondary N) is 1. The number of aromatic nitrogens is 2. The number of carbonyl (C=O) groups excluding carboxylic acids is 2. The molecule has 1 atom stereocenters. The first-order valence-corrected chi connectivity index (χ1v) is 7.23. The molecule has 0 bridgehead atoms. The van der Waals surface area contributed by atoms with Crippen LogP contribution in [0.4, 0.5) is 5.82 Å². The lowest BCUT2D eigenvalue weighted by atomic mass is 10.2. The summed E-state index contributed by atoms with van der Waals surface area (Å²) in [6.45, 7) is 6.35. The number of hydrogen-bond acceptors (Lipinski definition) is 5. The molecule has 2 amide bonds. The molecular weight excluding hydrogens is 270 g/mol. The van der Waals surface area contributed by atoms with E-state index in [1.54, 1.807) is 21.9 Å². The van der Waals surface area contributed by atoms with Crippen molar-refractivity contribution in [2.75, 3.05) is 31.5 Å². The third-order valence-electron chi connectivity index (χ3n) is 3.64. The summed E-state index contributed by atoms with van der Waals surface area (Å²) in [6, 6.07) is 3.78. The van der Waals surface area contributed by atoms with E-state index in [0.29, 0.717) is 43.7 Å². The highest BCUT2D eigenvalue weighted by atomic mass is 16.2. The summed E-state index contributed by atoms with van der Waals surface area (Å²) in [7, 11) is 0. The minimum Gasteiger partial charge on any atom is -0.366 e. The van der Waals surface area contributed by atoms with Crippen molar-refractivity contribution >= 4 is 18.1 Å². The second-order valence-electron chi connectivity index (χ2n) is 5.19. The molecule has 2 heterocycles. The molecule has 7 nitrogen and oxygen atoms in total. The molecule has 1 aliphatic heterocycles. The SMILES string of the molecule is CCC(C)Nc1ccc(C(=O)N2CCN(C=O)CC2)nn1. The first-order valence-electron chi connectivity index (χ1n) is 7.23. The third-order valence-corrected chi connectivity index (χ3v) is 3.64. The number of anilines is 1. The minimum absolute atomic E-state index is 0.136. The molecule has 1 N–H and O–H groups in total. The topological polar surface area (TPSA) is 78.4 Å². The van der Waals surface area contributed by atoms with Gasteiger partial charge in [-0.05, 0) is 25.5 Å². The molecule has 1 aromatic heterocycles. The van der Waals surface area contributed by atoms with Gasteiger partial charge in [-0.2, -0.15) is 0 Å². The highest BCUT2D eigenvalue weighted by Crippen LogP contribution is 2.09. The summed E-state index contributed by atoms with van der Waals surface area (Å²) in [5.41, 5.74) is 0.337. The van der Waals surface area contributed by atoms with E-state index in [4.69, 9.17) is 0 Å². The van der Waals surface area contributed by atoms with E-state index in [1.165, 1.54) is 0 Å². The van der Waals surface area contributed by atoms with Crippen LogP contribution < -0.4 is 5.32 Å². The number of nitrogens with zero attached hydrogens (tertiary/aromatic N) is 4. The standard InChI is InChI=1S/C14H21N5O2/c1-3-11(2)15-13-5-4-12(16-17-13)14(21)19-8-6-18(10-20)7-9-19/h4-5,10-11H,3,6-9H2,1-2H3,(H,15,17). The molecule has 114 valence electrons. The van der Waals surface area contributed by atoms with Crippen molar-refractivity contribution in [1.29, 1.82) is 0 Å². The molecule has 0 saturated carbocycles. The van der Waals surface area contributed by atoms with Crippen molar-refractivity contribution in [2.24, 2.45) is 0 Å². The smallest absolute Gasteiger partial charge is 0.274 e. The fraction of sp³-hybridized carbons (Fsp3) is 0.571. The average Bonchev–Trinajstić information content (AvgIpc) is 2.55. The Kier molecular flexibility index (Phi) is 5.08. The van der Waals surface area contributed by atoms with Gasteiger partial charge in [0.25, 0.3) is 5.91 Å². The first-order chi connectivity index (χ1) is 10.1. The predicted molar refractivity (Wildman–Crippen MR) is 78.9 cm³/mol. The van der Waals surface area contributed by atoms with Gasteiger partial charge in [-0.1, -0.05) is 6.92 Å². The Morgan fingerprint density at radius 3 is 2.57 bits per heavy atom. The summed E-state index contributed by atoms with van der Waals surface area (Å²) in [5.74, 6) is 0.537. The monoisotopic (exact) mass is 291 g/mol. The molecule has 0 aromatic carbocycles. The van der Waals surface area contributed by atoms with Crippen LogP contribution in [0.2, 0.25) is 0 Å². The van der Waals surface area contributed by atoms with Crippen molar-refractivity contribution in [3.8, 4) is 0 Å². The fourth-order valence-corrected chi connectivity index (χ4v) is 2.07. The van der Waals surface area contributed by atoms with E-state index in [-0.39, 0.29) is 5.91 Å². The van der Waals surface area contributed by atoms with Crippen molar-refractivity contribution in [2.45, 2.75) is 26.3 Å². The van der Waals surface area contributed by atoms with Crippen LogP contribution in [0.3, 0.4) is 0 Å². The van der Waals surface area contributed by atoms with Gasteiger partial charge in [0, 0.05) is 32.2 Å². The van der Waals surface area contributed by atoms with Gasteiger partial charge in [0.15, 0.2) is 5.69 Å². The first kappa shape index (κ1) is 15.2. The Bertz CT molecular complexity index is 483. The molecule has 21 heavy (non-hydrogen) atoms. The van der Waals surface area contributed by atoms with Gasteiger partial charge in [0.2, 0.25) is 6.41 Å². The summed E-state index contributed by atoms with van der Waals surface area (Å²) in [4.78, 5) is 26.3. The normalized spacial score (nSPS) is 16.5. The van der Waals surface area contributed by atoms with Gasteiger partial charge >= 0.3 is 0 Å². The van der Waals surface area contributed by atoms with Crippen LogP contribution in [-0.4, -0.2) is 64.5 Å². The van der Waals surface area contributed by atoms with Crippen LogP contribution in [0.1, 0.15) is 30.8 Å². The largest absolute Gasteiger partial charge is 0.366 e. The fourth-order valence-electron chi connectivity index (χ4n) is 2.07. The second-order valence-corrected chi connectivity index (χ2v) is 5.19. The Morgan fingerprint density at radius 2 is 2.05 bits per heavy atom. The molecule has 1 unspecified atom stereocenters. The Morgan fingerprint density at radius 1 is 1.33 bits per heavy atom. The maximum absolute atomic E-state index is 12.3. The van der Waals surface area contributed by atoms with E-state index in [9.17, 15) is 9.59 Å². The van der Waals surface area contributed by atoms with Crippen molar-refractivity contribution < 1.29 is 9.59 Å². The zero-order valence-electron chi connectivity index (χ0n) is 12.5. The molecule has 0 radical (unpaired) electrons. The molecule has 0 spiro atoms. The quantitative estimate of drug-likeness (QED) is 0.804. The maximum Gasteiger partial charge on any atom is 0.274 e. The van der Waals surface area contributed by atoms with Crippen LogP contribution in [0.15, 0.2) is 12.1 Å². The van der Waals surface area contributed by atoms with Crippen LogP contribution in [-0.2, 0) is 4.79 Å². The molecule has 1 fully saturated rings. The van der Waals surface area contributed by atoms with Crippen LogP contribution in [0.25, 0.3) is 0 Å². The van der Waals surface area contributed by atoms with Gasteiger partial charge in [-0.25, -0.2) is 0 Å². The van der Waals surface area contributed by atoms with Crippen molar-refractivity contribution in [3.63, 3.8) is 0 Å². The molecular formula is C14H21N5O2. The summed E-state index contributed by atoms with van der Waals surface area (Å²) >= 11 is 0. The van der Waals surface area contributed by atoms with Crippen LogP contribution in [0, 0.1) is 0 Å². The second kappa shape index (κ2) is 7.01. The molecule has 1 saturated heterocycles. The highest BCUT2D eigenvalue weighted by Gasteiger charge is 2.22. The predicted octanol–water partition coefficient (Wildman–Crippen LogP) is 0.601. The van der Waals surface area contributed by atoms with E-state index in [1.807, 2.05) is 0 Å². The molecule has 1 aliphatic rings. The zero-order valence-corrected chi connectivity index (χ0v) is 12.5. The lowest BCUT2D eigenvalue weighted by Crippen LogP contribution is -2.48. The average molecular weight is 291 g/mol. The summed E-state index contributed by atoms with van der Waals surface area (Å²) in [6.07, 6.45) is 1.81. The van der Waals surface area contributed by atoms with Gasteiger partial charge in [-0.3, -0.25) is 9.59 Å². The van der Waals surface area contributed by atoms with Gasteiger partial charge in [-0.15, -0.1) is 10.2 Å². The number of rotatable bonds is 5. The van der Waals surface area contributed by atoms with Crippen LogP contribution >= 0.6 is 0 Å². The van der Waals surface area contributed by atoms with E-state index < -0.39 is 0 Å². The van der Waals surface area contributed by atoms with Gasteiger partial charge < -0.3 is 15.1 Å². The van der Waals surface area contributed by atoms with E-state index >= 15 is 0 Å². The number of hydrogen-bond donors (Lipinski definition) is 1. The highest BCUT2D eigenvalue weighted by molar-refractivity contribution is 5.92. The number of piperazine rings is 1. The lowest BCUT2D eigenvalue weighted by molar-refractivity contribution is -0.119. The molecule has 0 aliphatic carbocycles. The lowest BCUT2D eigenvalue weighted by Gasteiger charge is -2.32. The van der Waals surface area contributed by atoms with Gasteiger partial charge in [0.1, 0.15) is 5.82 Å². The Balaban J connectivity index is 1.95. The molecule has 7 heteroatoms. The van der Waals surface area contributed by atoms with Gasteiger partial charge in [0.05, 0.1) is 0 Å². The minimum atomic E-state index is -0.136. The Labute approximate surface area is 124 Å². The molecule has 2 rings (SSSR count). The summed E-state index contributed by atoms with van der Waals surface area (Å²) < 4.78 is 0. The van der Waals surface area contributed by atoms with Crippen molar-refractivity contribution in [3.05, 3.63) is 17.8 Å². The van der Waals surface area contributed by atoms with E-state index in [0.717, 1.165) is 12.8 Å². The number of amides is 2. The summed E-state index contributed by atoms with van der Waals surface area (Å²) in [5, 5.41) is 11.2. The van der Waals surface area contributed by atoms with E-state index in [2.05, 4.69) is 29.4 Å². The molecule has 1 aromatic rings. The third kappa shape index (κ3) is 3.90. The zero-order chi connectivity index (χ0) is 15.2. The maximum atomic E-state index is 12.3.